The molecular formula is C18H18Cl4O3. The van der Waals surface area contributed by atoms with Gasteiger partial charge in [0.15, 0.2) is 18.3 Å². The molecule has 2 aromatic carbocycles. The zero-order chi connectivity index (χ0) is 18.8. The number of hydrogen-bond donors (Lipinski definition) is 0. The maximum Gasteiger partial charge on any atom is 0.188 e. The molecular weight excluding hydrogens is 406 g/mol. The number of benzene rings is 2. The van der Waals surface area contributed by atoms with E-state index in [0.29, 0.717) is 31.6 Å². The van der Waals surface area contributed by atoms with Crippen LogP contribution in [0.3, 0.4) is 0 Å². The Balaban J connectivity index is 2.49. The van der Waals surface area contributed by atoms with Gasteiger partial charge in [-0.1, -0.05) is 60.3 Å². The Labute approximate surface area is 167 Å². The Bertz CT molecular complexity index is 729. The molecule has 3 nitrogen and oxygen atoms in total. The Morgan fingerprint density at radius 2 is 1.16 bits per heavy atom. The zero-order valence-electron chi connectivity index (χ0n) is 14.3. The Hall–Kier alpha value is -0.840. The van der Waals surface area contributed by atoms with Crippen molar-refractivity contribution in [2.75, 3.05) is 21.0 Å². The summed E-state index contributed by atoms with van der Waals surface area (Å²) in [7, 11) is 3.05. The fourth-order valence-corrected chi connectivity index (χ4v) is 3.70. The molecule has 0 saturated carbocycles. The average Bonchev–Trinajstić information content (AvgIpc) is 2.53. The minimum absolute atomic E-state index is 0.0614. The molecule has 0 aliphatic carbocycles. The lowest BCUT2D eigenvalue weighted by molar-refractivity contribution is 0.0512. The molecule has 25 heavy (non-hydrogen) atoms. The zero-order valence-corrected chi connectivity index (χ0v) is 17.3. The second-order valence-corrected chi connectivity index (χ2v) is 7.55. The summed E-state index contributed by atoms with van der Waals surface area (Å²) < 4.78 is 15.5. The molecule has 0 spiro atoms. The van der Waals surface area contributed by atoms with Crippen molar-refractivity contribution in [3.8, 4) is 11.5 Å². The highest BCUT2D eigenvalue weighted by Gasteiger charge is 2.27. The molecule has 136 valence electrons. The van der Waals surface area contributed by atoms with E-state index in [1.807, 2.05) is 38.1 Å². The number of ether oxygens (including phenoxy) is 3. The monoisotopic (exact) mass is 422 g/mol. The molecule has 0 saturated heterocycles. The summed E-state index contributed by atoms with van der Waals surface area (Å²) in [5.41, 5.74) is 1.35. The van der Waals surface area contributed by atoms with Crippen LogP contribution >= 0.6 is 46.4 Å². The fraction of sp³-hybridized carbons (Fsp3) is 0.333. The first-order chi connectivity index (χ1) is 11.7. The van der Waals surface area contributed by atoms with E-state index in [1.54, 1.807) is 0 Å². The van der Waals surface area contributed by atoms with Crippen molar-refractivity contribution < 1.29 is 14.2 Å². The standard InChI is InChI=1S/C18H18Cl4O3/c1-18(2,10-5-12(19)16(24-4)13(20)6-10)11-7-14(21)17(15(22)8-11)25-9-23-3/h5-8H,9H2,1-4H3. The maximum absolute atomic E-state index is 6.34. The van der Waals surface area contributed by atoms with Crippen LogP contribution in [0, 0.1) is 0 Å². The molecule has 0 radical (unpaired) electrons. The molecule has 0 aliphatic heterocycles. The van der Waals surface area contributed by atoms with E-state index in [9.17, 15) is 0 Å². The van der Waals surface area contributed by atoms with Crippen molar-refractivity contribution in [3.63, 3.8) is 0 Å². The topological polar surface area (TPSA) is 27.7 Å². The number of methoxy groups -OCH3 is 2. The van der Waals surface area contributed by atoms with Crippen LogP contribution in [-0.4, -0.2) is 21.0 Å². The maximum atomic E-state index is 6.34. The molecule has 0 unspecified atom stereocenters. The van der Waals surface area contributed by atoms with E-state index in [0.717, 1.165) is 11.1 Å². The van der Waals surface area contributed by atoms with Crippen LogP contribution in [-0.2, 0) is 10.2 Å². The summed E-state index contributed by atoms with van der Waals surface area (Å²) in [5.74, 6) is 0.831. The van der Waals surface area contributed by atoms with Gasteiger partial charge in [0.2, 0.25) is 0 Å². The van der Waals surface area contributed by atoms with Gasteiger partial charge in [-0.3, -0.25) is 0 Å². The highest BCUT2D eigenvalue weighted by Crippen LogP contribution is 2.43. The third-order valence-corrected chi connectivity index (χ3v) is 5.09. The Morgan fingerprint density at radius 1 is 0.760 bits per heavy atom. The van der Waals surface area contributed by atoms with Gasteiger partial charge >= 0.3 is 0 Å². The van der Waals surface area contributed by atoms with E-state index < -0.39 is 5.41 Å². The largest absolute Gasteiger partial charge is 0.494 e. The predicted octanol–water partition coefficient (Wildman–Crippen LogP) is 6.62. The van der Waals surface area contributed by atoms with Gasteiger partial charge in [0, 0.05) is 12.5 Å². The van der Waals surface area contributed by atoms with Gasteiger partial charge in [-0.2, -0.15) is 0 Å². The molecule has 7 heteroatoms. The Morgan fingerprint density at radius 3 is 1.52 bits per heavy atom. The van der Waals surface area contributed by atoms with Crippen molar-refractivity contribution >= 4 is 46.4 Å². The number of rotatable bonds is 6. The lowest BCUT2D eigenvalue weighted by Crippen LogP contribution is -2.19. The molecule has 0 fully saturated rings. The molecule has 0 bridgehead atoms. The van der Waals surface area contributed by atoms with Crippen LogP contribution in [0.1, 0.15) is 25.0 Å². The number of halogens is 4. The van der Waals surface area contributed by atoms with Crippen LogP contribution < -0.4 is 9.47 Å². The van der Waals surface area contributed by atoms with Crippen molar-refractivity contribution in [2.24, 2.45) is 0 Å². The minimum Gasteiger partial charge on any atom is -0.494 e. The molecule has 2 aromatic rings. The average molecular weight is 424 g/mol. The van der Waals surface area contributed by atoms with E-state index in [2.05, 4.69) is 0 Å². The summed E-state index contributed by atoms with van der Waals surface area (Å²) in [4.78, 5) is 0. The molecule has 0 N–H and O–H groups in total. The normalized spacial score (nSPS) is 11.5. The molecule has 0 amide bonds. The molecule has 2 rings (SSSR count). The highest BCUT2D eigenvalue weighted by molar-refractivity contribution is 6.38. The van der Waals surface area contributed by atoms with E-state index >= 15 is 0 Å². The lowest BCUT2D eigenvalue weighted by Gasteiger charge is -2.28. The van der Waals surface area contributed by atoms with Crippen molar-refractivity contribution in [3.05, 3.63) is 55.5 Å². The quantitative estimate of drug-likeness (QED) is 0.488. The molecule has 0 heterocycles. The smallest absolute Gasteiger partial charge is 0.188 e. The fourth-order valence-electron chi connectivity index (χ4n) is 2.46. The third kappa shape index (κ3) is 4.29. The van der Waals surface area contributed by atoms with Crippen LogP contribution in [0.4, 0.5) is 0 Å². The van der Waals surface area contributed by atoms with Gasteiger partial charge in [0.1, 0.15) is 0 Å². The van der Waals surface area contributed by atoms with Gasteiger partial charge in [0.25, 0.3) is 0 Å². The first-order valence-corrected chi connectivity index (χ1v) is 8.88. The van der Waals surface area contributed by atoms with Gasteiger partial charge in [-0.25, -0.2) is 0 Å². The molecule has 0 aromatic heterocycles. The van der Waals surface area contributed by atoms with Crippen molar-refractivity contribution in [1.29, 1.82) is 0 Å². The van der Waals surface area contributed by atoms with E-state index in [-0.39, 0.29) is 6.79 Å². The predicted molar refractivity (Wildman–Crippen MR) is 104 cm³/mol. The molecule has 0 atom stereocenters. The van der Waals surface area contributed by atoms with Gasteiger partial charge in [0.05, 0.1) is 27.2 Å². The first kappa shape index (κ1) is 20.5. The van der Waals surface area contributed by atoms with Crippen LogP contribution in [0.5, 0.6) is 11.5 Å². The van der Waals surface area contributed by atoms with E-state index in [1.165, 1.54) is 14.2 Å². The van der Waals surface area contributed by atoms with Crippen LogP contribution in [0.2, 0.25) is 20.1 Å². The van der Waals surface area contributed by atoms with Crippen LogP contribution in [0.15, 0.2) is 24.3 Å². The second-order valence-electron chi connectivity index (χ2n) is 5.92. The number of hydrogen-bond acceptors (Lipinski definition) is 3. The highest BCUT2D eigenvalue weighted by atomic mass is 35.5. The first-order valence-electron chi connectivity index (χ1n) is 7.37. The summed E-state index contributed by atoms with van der Waals surface area (Å²) in [6.45, 7) is 4.12. The minimum atomic E-state index is -0.452. The van der Waals surface area contributed by atoms with Crippen molar-refractivity contribution in [2.45, 2.75) is 19.3 Å². The lowest BCUT2D eigenvalue weighted by atomic mass is 9.78. The second kappa shape index (κ2) is 8.24. The third-order valence-electron chi connectivity index (χ3n) is 3.97. The summed E-state index contributed by atoms with van der Waals surface area (Å²) in [5, 5.41) is 1.68. The van der Waals surface area contributed by atoms with Crippen molar-refractivity contribution in [1.82, 2.24) is 0 Å². The van der Waals surface area contributed by atoms with Gasteiger partial charge < -0.3 is 14.2 Å². The SMILES string of the molecule is COCOc1c(Cl)cc(C(C)(C)c2cc(Cl)c(OC)c(Cl)c2)cc1Cl. The van der Waals surface area contributed by atoms with Gasteiger partial charge in [-0.05, 0) is 35.4 Å². The Kier molecular flexibility index (Phi) is 6.74. The van der Waals surface area contributed by atoms with Crippen LogP contribution in [0.25, 0.3) is 0 Å². The van der Waals surface area contributed by atoms with Gasteiger partial charge in [-0.15, -0.1) is 0 Å². The van der Waals surface area contributed by atoms with E-state index in [4.69, 9.17) is 60.6 Å². The summed E-state index contributed by atoms with van der Waals surface area (Å²) in [6, 6.07) is 7.27. The summed E-state index contributed by atoms with van der Waals surface area (Å²) in [6.07, 6.45) is 0. The summed E-state index contributed by atoms with van der Waals surface area (Å²) >= 11 is 25.2. The molecule has 0 aliphatic rings.